The quantitative estimate of drug-likeness (QED) is 0.762. The Hall–Kier alpha value is -3.19. The molecule has 0 radical (unpaired) electrons. The van der Waals surface area contributed by atoms with E-state index in [0.29, 0.717) is 24.5 Å². The third-order valence-electron chi connectivity index (χ3n) is 4.55. The highest BCUT2D eigenvalue weighted by Gasteiger charge is 2.13. The van der Waals surface area contributed by atoms with Crippen molar-refractivity contribution in [2.24, 2.45) is 0 Å². The Bertz CT molecular complexity index is 877. The molecule has 0 unspecified atom stereocenters. The van der Waals surface area contributed by atoms with Gasteiger partial charge in [-0.2, -0.15) is 0 Å². The molecule has 1 N–H and O–H groups in total. The highest BCUT2D eigenvalue weighted by Crippen LogP contribution is 2.19. The minimum absolute atomic E-state index is 0.0858. The predicted octanol–water partition coefficient (Wildman–Crippen LogP) is 2.77. The number of carbonyl (C=O) groups excluding carboxylic acids is 2. The van der Waals surface area contributed by atoms with Crippen LogP contribution in [0.15, 0.2) is 54.6 Å². The number of likely N-dealkylation sites (N-methyl/N-ethyl adjacent to an activating group) is 1. The molecule has 1 saturated heterocycles. The van der Waals surface area contributed by atoms with Crippen LogP contribution >= 0.6 is 0 Å². The lowest BCUT2D eigenvalue weighted by Gasteiger charge is -2.28. The van der Waals surface area contributed by atoms with Crippen LogP contribution < -0.4 is 10.2 Å². The van der Waals surface area contributed by atoms with Gasteiger partial charge >= 0.3 is 0 Å². The molecule has 1 aliphatic heterocycles. The smallest absolute Gasteiger partial charge is 0.246 e. The molecule has 6 nitrogen and oxygen atoms in total. The van der Waals surface area contributed by atoms with Gasteiger partial charge in [0, 0.05) is 37.6 Å². The first-order valence-electron chi connectivity index (χ1n) is 9.42. The van der Waals surface area contributed by atoms with Crippen LogP contribution in [0.25, 0.3) is 6.08 Å². The summed E-state index contributed by atoms with van der Waals surface area (Å²) >= 11 is 0. The zero-order valence-corrected chi connectivity index (χ0v) is 16.3. The van der Waals surface area contributed by atoms with Gasteiger partial charge in [-0.25, -0.2) is 4.39 Å². The molecule has 3 rings (SSSR count). The van der Waals surface area contributed by atoms with Gasteiger partial charge in [-0.05, 0) is 48.0 Å². The molecule has 2 aromatic rings. The van der Waals surface area contributed by atoms with E-state index in [2.05, 4.69) is 10.2 Å². The number of halogens is 1. The summed E-state index contributed by atoms with van der Waals surface area (Å²) in [4.78, 5) is 27.9. The van der Waals surface area contributed by atoms with Crippen LogP contribution in [-0.4, -0.2) is 56.6 Å². The number of hydrogen-bond acceptors (Lipinski definition) is 4. The largest absolute Gasteiger partial charge is 0.378 e. The predicted molar refractivity (Wildman–Crippen MR) is 111 cm³/mol. The Morgan fingerprint density at radius 1 is 1.17 bits per heavy atom. The van der Waals surface area contributed by atoms with Crippen LogP contribution in [0.1, 0.15) is 5.56 Å². The fourth-order valence-corrected chi connectivity index (χ4v) is 2.98. The second-order valence-electron chi connectivity index (χ2n) is 6.78. The van der Waals surface area contributed by atoms with Gasteiger partial charge in [0.25, 0.3) is 0 Å². The van der Waals surface area contributed by atoms with E-state index < -0.39 is 0 Å². The van der Waals surface area contributed by atoms with Crippen molar-refractivity contribution in [1.82, 2.24) is 4.90 Å². The number of amides is 2. The maximum Gasteiger partial charge on any atom is 0.246 e. The van der Waals surface area contributed by atoms with Gasteiger partial charge in [0.2, 0.25) is 11.8 Å². The third kappa shape index (κ3) is 6.15. The van der Waals surface area contributed by atoms with E-state index in [9.17, 15) is 14.0 Å². The number of carbonyl (C=O) groups is 2. The number of hydrogen-bond donors (Lipinski definition) is 1. The highest BCUT2D eigenvalue weighted by molar-refractivity contribution is 5.98. The van der Waals surface area contributed by atoms with Gasteiger partial charge in [-0.1, -0.05) is 12.1 Å². The van der Waals surface area contributed by atoms with E-state index in [1.54, 1.807) is 19.2 Å². The standard InChI is InChI=1S/C22H24FN3O3/c1-25(22(28)10-5-17-3-2-4-18(23)15-17)16-21(27)24-19-6-8-20(9-7-19)26-11-13-29-14-12-26/h2-10,15H,11-14,16H2,1H3,(H,24,27). The second-order valence-corrected chi connectivity index (χ2v) is 6.78. The Kier molecular flexibility index (Phi) is 6.97. The summed E-state index contributed by atoms with van der Waals surface area (Å²) in [6, 6.07) is 13.5. The van der Waals surface area contributed by atoms with Gasteiger partial charge in [0.05, 0.1) is 19.8 Å². The number of rotatable bonds is 6. The first-order chi connectivity index (χ1) is 14.0. The Morgan fingerprint density at radius 2 is 1.90 bits per heavy atom. The van der Waals surface area contributed by atoms with E-state index >= 15 is 0 Å². The monoisotopic (exact) mass is 397 g/mol. The number of morpholine rings is 1. The molecule has 0 atom stereocenters. The van der Waals surface area contributed by atoms with E-state index in [1.165, 1.54) is 29.2 Å². The Labute approximate surface area is 169 Å². The lowest BCUT2D eigenvalue weighted by molar-refractivity contribution is -0.129. The molecule has 152 valence electrons. The summed E-state index contributed by atoms with van der Waals surface area (Å²) in [5, 5.41) is 2.79. The van der Waals surface area contributed by atoms with Crippen LogP contribution in [0.3, 0.4) is 0 Å². The van der Waals surface area contributed by atoms with Crippen molar-refractivity contribution in [2.75, 3.05) is 50.1 Å². The first-order valence-corrected chi connectivity index (χ1v) is 9.42. The fourth-order valence-electron chi connectivity index (χ4n) is 2.98. The molecule has 0 bridgehead atoms. The van der Waals surface area contributed by atoms with Crippen molar-refractivity contribution in [3.05, 3.63) is 66.0 Å². The first kappa shape index (κ1) is 20.5. The summed E-state index contributed by atoms with van der Waals surface area (Å²) in [5.41, 5.74) is 2.33. The van der Waals surface area contributed by atoms with E-state index in [4.69, 9.17) is 4.74 Å². The molecule has 0 spiro atoms. The van der Waals surface area contributed by atoms with Crippen LogP contribution in [0.4, 0.5) is 15.8 Å². The SMILES string of the molecule is CN(CC(=O)Nc1ccc(N2CCOCC2)cc1)C(=O)C=Cc1cccc(F)c1. The average Bonchev–Trinajstić information content (AvgIpc) is 2.73. The van der Waals surface area contributed by atoms with Gasteiger partial charge in [-0.15, -0.1) is 0 Å². The number of nitrogens with one attached hydrogen (secondary N) is 1. The van der Waals surface area contributed by atoms with Gasteiger partial charge < -0.3 is 19.9 Å². The molecular weight excluding hydrogens is 373 g/mol. The normalized spacial score (nSPS) is 14.1. The van der Waals surface area contributed by atoms with Crippen LogP contribution in [0, 0.1) is 5.82 Å². The molecule has 0 aliphatic carbocycles. The topological polar surface area (TPSA) is 61.9 Å². The van der Waals surface area contributed by atoms with Crippen molar-refractivity contribution in [3.63, 3.8) is 0 Å². The average molecular weight is 397 g/mol. The molecule has 29 heavy (non-hydrogen) atoms. The lowest BCUT2D eigenvalue weighted by Crippen LogP contribution is -2.36. The zero-order valence-electron chi connectivity index (χ0n) is 16.3. The van der Waals surface area contributed by atoms with Crippen molar-refractivity contribution in [2.45, 2.75) is 0 Å². The Morgan fingerprint density at radius 3 is 2.59 bits per heavy atom. The van der Waals surface area contributed by atoms with Crippen molar-refractivity contribution >= 4 is 29.3 Å². The summed E-state index contributed by atoms with van der Waals surface area (Å²) in [6.45, 7) is 3.04. The van der Waals surface area contributed by atoms with Crippen molar-refractivity contribution in [3.8, 4) is 0 Å². The van der Waals surface area contributed by atoms with Crippen LogP contribution in [0.5, 0.6) is 0 Å². The van der Waals surface area contributed by atoms with E-state index in [0.717, 1.165) is 18.8 Å². The summed E-state index contributed by atoms with van der Waals surface area (Å²) in [7, 11) is 1.54. The molecule has 7 heteroatoms. The summed E-state index contributed by atoms with van der Waals surface area (Å²) in [5.74, 6) is -1.00. The van der Waals surface area contributed by atoms with Gasteiger partial charge in [0.1, 0.15) is 5.82 Å². The fraction of sp³-hybridized carbons (Fsp3) is 0.273. The third-order valence-corrected chi connectivity index (χ3v) is 4.55. The van der Waals surface area contributed by atoms with E-state index in [-0.39, 0.29) is 24.2 Å². The summed E-state index contributed by atoms with van der Waals surface area (Å²) in [6.07, 6.45) is 2.84. The summed E-state index contributed by atoms with van der Waals surface area (Å²) < 4.78 is 18.5. The van der Waals surface area contributed by atoms with Crippen molar-refractivity contribution < 1.29 is 18.7 Å². The lowest BCUT2D eigenvalue weighted by atomic mass is 10.2. The number of benzene rings is 2. The molecule has 0 saturated carbocycles. The highest BCUT2D eigenvalue weighted by atomic mass is 19.1. The minimum atomic E-state index is -0.369. The number of ether oxygens (including phenoxy) is 1. The van der Waals surface area contributed by atoms with Gasteiger partial charge in [-0.3, -0.25) is 9.59 Å². The maximum atomic E-state index is 13.2. The van der Waals surface area contributed by atoms with Crippen LogP contribution in [0.2, 0.25) is 0 Å². The zero-order chi connectivity index (χ0) is 20.6. The second kappa shape index (κ2) is 9.84. The minimum Gasteiger partial charge on any atom is -0.378 e. The molecule has 0 aromatic heterocycles. The number of nitrogens with zero attached hydrogens (tertiary/aromatic N) is 2. The van der Waals surface area contributed by atoms with E-state index in [1.807, 2.05) is 24.3 Å². The maximum absolute atomic E-state index is 13.2. The Balaban J connectivity index is 1.49. The molecular formula is C22H24FN3O3. The molecule has 1 heterocycles. The molecule has 1 aliphatic rings. The van der Waals surface area contributed by atoms with Crippen molar-refractivity contribution in [1.29, 1.82) is 0 Å². The molecule has 1 fully saturated rings. The molecule has 2 aromatic carbocycles. The van der Waals surface area contributed by atoms with Crippen LogP contribution in [-0.2, 0) is 14.3 Å². The number of anilines is 2. The molecule has 2 amide bonds. The van der Waals surface area contributed by atoms with Gasteiger partial charge in [0.15, 0.2) is 0 Å².